The van der Waals surface area contributed by atoms with Gasteiger partial charge in [0.1, 0.15) is 5.78 Å². The van der Waals surface area contributed by atoms with Crippen LogP contribution in [-0.2, 0) is 14.6 Å². The van der Waals surface area contributed by atoms with E-state index in [1.165, 1.54) is 0 Å². The first kappa shape index (κ1) is 15.9. The van der Waals surface area contributed by atoms with Crippen molar-refractivity contribution in [1.82, 2.24) is 0 Å². The lowest BCUT2D eigenvalue weighted by atomic mass is 10.0. The van der Waals surface area contributed by atoms with Gasteiger partial charge in [0.05, 0.1) is 11.0 Å². The number of hydrogen-bond acceptors (Lipinski definition) is 4. The number of hydrogen-bond donors (Lipinski definition) is 1. The molecule has 0 fully saturated rings. The first-order valence-electron chi connectivity index (χ1n) is 6.36. The molecule has 0 spiro atoms. The lowest BCUT2D eigenvalue weighted by molar-refractivity contribution is -0.119. The van der Waals surface area contributed by atoms with E-state index in [0.717, 1.165) is 5.56 Å². The van der Waals surface area contributed by atoms with Gasteiger partial charge in [0, 0.05) is 18.9 Å². The normalized spacial score (nSPS) is 13.5. The topological polar surface area (TPSA) is 77.2 Å². The third-order valence-electron chi connectivity index (χ3n) is 3.06. The molecule has 0 radical (unpaired) electrons. The third kappa shape index (κ3) is 5.12. The fourth-order valence-electron chi connectivity index (χ4n) is 1.66. The van der Waals surface area contributed by atoms with Crippen LogP contribution < -0.4 is 5.73 Å². The zero-order valence-corrected chi connectivity index (χ0v) is 12.2. The minimum absolute atomic E-state index is 0.0427. The Morgan fingerprint density at radius 1 is 1.21 bits per heavy atom. The van der Waals surface area contributed by atoms with Crippen LogP contribution in [0.25, 0.3) is 0 Å². The van der Waals surface area contributed by atoms with Gasteiger partial charge in [-0.3, -0.25) is 4.79 Å². The fraction of sp³-hybridized carbons (Fsp3) is 0.500. The van der Waals surface area contributed by atoms with Crippen molar-refractivity contribution < 1.29 is 13.2 Å². The second kappa shape index (κ2) is 6.82. The van der Waals surface area contributed by atoms with Gasteiger partial charge in [-0.1, -0.05) is 30.3 Å². The molecule has 0 amide bonds. The highest BCUT2D eigenvalue weighted by atomic mass is 32.2. The quantitative estimate of drug-likeness (QED) is 0.828. The number of Topliss-reactive ketones (excluding diaryl/α,β-unsaturated/α-hetero) is 1. The third-order valence-corrected chi connectivity index (χ3v) is 5.27. The minimum atomic E-state index is -3.16. The van der Waals surface area contributed by atoms with Crippen molar-refractivity contribution in [2.75, 3.05) is 5.75 Å². The number of benzene rings is 1. The van der Waals surface area contributed by atoms with Gasteiger partial charge in [-0.05, 0) is 19.4 Å². The first-order valence-corrected chi connectivity index (χ1v) is 8.08. The Morgan fingerprint density at radius 3 is 2.32 bits per heavy atom. The molecule has 0 aromatic heterocycles. The molecule has 4 nitrogen and oxygen atoms in total. The van der Waals surface area contributed by atoms with Gasteiger partial charge in [0.2, 0.25) is 0 Å². The molecule has 1 aromatic carbocycles. The Kier molecular flexibility index (Phi) is 5.69. The van der Waals surface area contributed by atoms with E-state index in [4.69, 9.17) is 5.73 Å². The smallest absolute Gasteiger partial charge is 0.153 e. The van der Waals surface area contributed by atoms with Crippen molar-refractivity contribution in [3.05, 3.63) is 35.9 Å². The molecule has 0 saturated heterocycles. The average molecular weight is 283 g/mol. The summed E-state index contributed by atoms with van der Waals surface area (Å²) in [6, 6.07) is 8.97. The molecule has 0 bridgehead atoms. The Hall–Kier alpha value is -1.20. The SMILES string of the molecule is CC(C)S(=O)(=O)CCC(=O)CC(N)c1ccccc1. The number of sulfone groups is 1. The van der Waals surface area contributed by atoms with E-state index in [9.17, 15) is 13.2 Å². The van der Waals surface area contributed by atoms with Crippen molar-refractivity contribution in [2.24, 2.45) is 5.73 Å². The summed E-state index contributed by atoms with van der Waals surface area (Å²) in [6.07, 6.45) is 0.221. The highest BCUT2D eigenvalue weighted by Crippen LogP contribution is 2.15. The van der Waals surface area contributed by atoms with Crippen LogP contribution in [0.2, 0.25) is 0 Å². The average Bonchev–Trinajstić information content (AvgIpc) is 2.37. The van der Waals surface area contributed by atoms with Crippen molar-refractivity contribution in [1.29, 1.82) is 0 Å². The van der Waals surface area contributed by atoms with E-state index in [1.54, 1.807) is 13.8 Å². The van der Waals surface area contributed by atoms with E-state index >= 15 is 0 Å². The molecule has 0 aliphatic rings. The number of nitrogens with two attached hydrogens (primary N) is 1. The van der Waals surface area contributed by atoms with E-state index in [-0.39, 0.29) is 30.4 Å². The van der Waals surface area contributed by atoms with Crippen LogP contribution >= 0.6 is 0 Å². The van der Waals surface area contributed by atoms with Crippen molar-refractivity contribution >= 4 is 15.6 Å². The number of ketones is 1. The van der Waals surface area contributed by atoms with Crippen LogP contribution in [0.5, 0.6) is 0 Å². The van der Waals surface area contributed by atoms with Crippen LogP contribution in [0.4, 0.5) is 0 Å². The Bertz CT molecular complexity index is 509. The van der Waals surface area contributed by atoms with E-state index < -0.39 is 15.1 Å². The maximum atomic E-state index is 11.8. The van der Waals surface area contributed by atoms with Crippen molar-refractivity contribution in [3.63, 3.8) is 0 Å². The molecular weight excluding hydrogens is 262 g/mol. The van der Waals surface area contributed by atoms with Gasteiger partial charge in [0.25, 0.3) is 0 Å². The highest BCUT2D eigenvalue weighted by Gasteiger charge is 2.19. The number of carbonyl (C=O) groups is 1. The summed E-state index contributed by atoms with van der Waals surface area (Å²) < 4.78 is 23.2. The monoisotopic (exact) mass is 283 g/mol. The summed E-state index contributed by atoms with van der Waals surface area (Å²) in [4.78, 5) is 11.8. The predicted octanol–water partition coefficient (Wildman–Crippen LogP) is 1.86. The summed E-state index contributed by atoms with van der Waals surface area (Å²) >= 11 is 0. The first-order chi connectivity index (χ1) is 8.83. The van der Waals surface area contributed by atoms with Crippen LogP contribution in [-0.4, -0.2) is 25.2 Å². The zero-order chi connectivity index (χ0) is 14.5. The molecule has 1 rings (SSSR count). The fourth-order valence-corrected chi connectivity index (χ4v) is 2.64. The van der Waals surface area contributed by atoms with Gasteiger partial charge < -0.3 is 5.73 Å². The summed E-state index contributed by atoms with van der Waals surface area (Å²) in [5.41, 5.74) is 6.82. The van der Waals surface area contributed by atoms with Crippen LogP contribution in [0.3, 0.4) is 0 Å². The van der Waals surface area contributed by atoms with Crippen molar-refractivity contribution in [2.45, 2.75) is 38.0 Å². The van der Waals surface area contributed by atoms with Crippen LogP contribution in [0, 0.1) is 0 Å². The molecule has 5 heteroatoms. The summed E-state index contributed by atoms with van der Waals surface area (Å²) in [5.74, 6) is -0.203. The molecule has 2 N–H and O–H groups in total. The largest absolute Gasteiger partial charge is 0.324 e. The summed E-state index contributed by atoms with van der Waals surface area (Å²) in [5, 5.41) is -0.442. The molecule has 0 aliphatic heterocycles. The highest BCUT2D eigenvalue weighted by molar-refractivity contribution is 7.91. The van der Waals surface area contributed by atoms with Crippen molar-refractivity contribution in [3.8, 4) is 0 Å². The zero-order valence-electron chi connectivity index (χ0n) is 11.4. The Morgan fingerprint density at radius 2 is 1.79 bits per heavy atom. The molecular formula is C14H21NO3S. The molecule has 1 aromatic rings. The Balaban J connectivity index is 2.49. The maximum Gasteiger partial charge on any atom is 0.153 e. The summed E-state index contributed by atoms with van der Waals surface area (Å²) in [7, 11) is -3.16. The number of carbonyl (C=O) groups excluding carboxylic acids is 1. The predicted molar refractivity (Wildman–Crippen MR) is 76.5 cm³/mol. The maximum absolute atomic E-state index is 11.8. The molecule has 0 saturated carbocycles. The summed E-state index contributed by atoms with van der Waals surface area (Å²) in [6.45, 7) is 3.24. The van der Waals surface area contributed by atoms with Crippen LogP contribution in [0.15, 0.2) is 30.3 Å². The van der Waals surface area contributed by atoms with Gasteiger partial charge in [-0.25, -0.2) is 8.42 Å². The van der Waals surface area contributed by atoms with Gasteiger partial charge in [-0.2, -0.15) is 0 Å². The van der Waals surface area contributed by atoms with Gasteiger partial charge in [0.15, 0.2) is 9.84 Å². The second-order valence-electron chi connectivity index (χ2n) is 4.93. The van der Waals surface area contributed by atoms with Gasteiger partial charge >= 0.3 is 0 Å². The standard InChI is InChI=1S/C14H21NO3S/c1-11(2)19(17,18)9-8-13(16)10-14(15)12-6-4-3-5-7-12/h3-7,11,14H,8-10,15H2,1-2H3. The second-order valence-corrected chi connectivity index (χ2v) is 7.60. The van der Waals surface area contributed by atoms with E-state index in [0.29, 0.717) is 0 Å². The molecule has 1 atom stereocenters. The lowest BCUT2D eigenvalue weighted by Crippen LogP contribution is -2.22. The molecule has 106 valence electrons. The van der Waals surface area contributed by atoms with Crippen LogP contribution in [0.1, 0.15) is 38.3 Å². The molecule has 1 unspecified atom stereocenters. The molecule has 0 aliphatic carbocycles. The number of rotatable bonds is 7. The van der Waals surface area contributed by atoms with E-state index in [2.05, 4.69) is 0 Å². The lowest BCUT2D eigenvalue weighted by Gasteiger charge is -2.11. The van der Waals surface area contributed by atoms with Gasteiger partial charge in [-0.15, -0.1) is 0 Å². The van der Waals surface area contributed by atoms with E-state index in [1.807, 2.05) is 30.3 Å². The molecule has 19 heavy (non-hydrogen) atoms. The minimum Gasteiger partial charge on any atom is -0.324 e. The molecule has 0 heterocycles. The Labute approximate surface area is 114 Å².